The molecule has 0 aliphatic heterocycles. The Bertz CT molecular complexity index is 561. The van der Waals surface area contributed by atoms with Crippen molar-refractivity contribution in [2.75, 3.05) is 0 Å². The van der Waals surface area contributed by atoms with Gasteiger partial charge in [0.15, 0.2) is 5.82 Å². The van der Waals surface area contributed by atoms with Gasteiger partial charge in [-0.1, -0.05) is 12.1 Å². The van der Waals surface area contributed by atoms with Gasteiger partial charge in [-0.2, -0.15) is 13.6 Å². The molecule has 1 aromatic carbocycles. The molecule has 0 bridgehead atoms. The fourth-order valence-electron chi connectivity index (χ4n) is 1.77. The number of alkyl halides is 2. The molecular weight excluding hydrogens is 270 g/mol. The summed E-state index contributed by atoms with van der Waals surface area (Å²) in [4.78, 5) is 1.33. The van der Waals surface area contributed by atoms with Gasteiger partial charge in [0.2, 0.25) is 0 Å². The second-order valence-corrected chi connectivity index (χ2v) is 4.07. The van der Waals surface area contributed by atoms with Gasteiger partial charge in [-0.25, -0.2) is 0 Å². The van der Waals surface area contributed by atoms with E-state index in [0.717, 1.165) is 0 Å². The Hall–Kier alpha value is -2.13. The van der Waals surface area contributed by atoms with Crippen molar-refractivity contribution in [1.29, 1.82) is 0 Å². The highest BCUT2D eigenvalue weighted by molar-refractivity contribution is 5.31. The molecule has 3 N–H and O–H groups in total. The number of nitrogens with two attached hydrogens (primary N) is 1. The number of nitrogens with one attached hydrogen (secondary N) is 1. The molecular formula is C11H14F2N6O. The van der Waals surface area contributed by atoms with Crippen LogP contribution in [0, 0.1) is 0 Å². The number of rotatable bonds is 6. The first kappa shape index (κ1) is 14.3. The minimum absolute atomic E-state index is 0.0739. The summed E-state index contributed by atoms with van der Waals surface area (Å²) in [5.41, 5.74) is 3.29. The van der Waals surface area contributed by atoms with Crippen molar-refractivity contribution in [2.45, 2.75) is 19.1 Å². The summed E-state index contributed by atoms with van der Waals surface area (Å²) in [7, 11) is 1.65. The van der Waals surface area contributed by atoms with Crippen molar-refractivity contribution >= 4 is 0 Å². The van der Waals surface area contributed by atoms with Crippen molar-refractivity contribution in [3.8, 4) is 5.75 Å². The van der Waals surface area contributed by atoms with E-state index in [1.807, 2.05) is 0 Å². The minimum Gasteiger partial charge on any atom is -0.435 e. The van der Waals surface area contributed by atoms with Gasteiger partial charge in [0.1, 0.15) is 5.75 Å². The number of nitrogens with zero attached hydrogens (tertiary/aromatic N) is 4. The molecule has 0 spiro atoms. The van der Waals surface area contributed by atoms with E-state index in [9.17, 15) is 8.78 Å². The number of ether oxygens (including phenoxy) is 1. The zero-order valence-corrected chi connectivity index (χ0v) is 10.7. The van der Waals surface area contributed by atoms with E-state index < -0.39 is 6.61 Å². The van der Waals surface area contributed by atoms with E-state index in [1.54, 1.807) is 19.2 Å². The summed E-state index contributed by atoms with van der Waals surface area (Å²) < 4.78 is 28.7. The van der Waals surface area contributed by atoms with Crippen LogP contribution in [0.4, 0.5) is 8.78 Å². The first-order valence-corrected chi connectivity index (χ1v) is 5.82. The predicted molar refractivity (Wildman–Crippen MR) is 65.6 cm³/mol. The summed E-state index contributed by atoms with van der Waals surface area (Å²) in [5, 5.41) is 11.6. The second kappa shape index (κ2) is 6.35. The zero-order chi connectivity index (χ0) is 14.5. The number of hydrogen-bond donors (Lipinski definition) is 2. The number of hydrazine groups is 1. The second-order valence-electron chi connectivity index (χ2n) is 4.07. The first-order valence-electron chi connectivity index (χ1n) is 5.82. The fourth-order valence-corrected chi connectivity index (χ4v) is 1.77. The highest BCUT2D eigenvalue weighted by Crippen LogP contribution is 2.22. The average molecular weight is 284 g/mol. The number of halogens is 2. The molecule has 9 heteroatoms. The fraction of sp³-hybridized carbons (Fsp3) is 0.364. The van der Waals surface area contributed by atoms with Crippen LogP contribution >= 0.6 is 0 Å². The van der Waals surface area contributed by atoms with Gasteiger partial charge in [0, 0.05) is 6.42 Å². The van der Waals surface area contributed by atoms with Crippen LogP contribution in [0.15, 0.2) is 24.3 Å². The standard InChI is InChI=1S/C11H14F2N6O/c1-19-17-10(16-18-19)6-9(15-14)7-3-2-4-8(5-7)20-11(12)13/h2-5,9,11,15H,6,14H2,1H3. The number of hydrogen-bond acceptors (Lipinski definition) is 6. The van der Waals surface area contributed by atoms with E-state index in [4.69, 9.17) is 5.84 Å². The van der Waals surface area contributed by atoms with Crippen molar-refractivity contribution < 1.29 is 13.5 Å². The Morgan fingerprint density at radius 1 is 1.45 bits per heavy atom. The lowest BCUT2D eigenvalue weighted by Gasteiger charge is -2.15. The largest absolute Gasteiger partial charge is 0.435 e. The van der Waals surface area contributed by atoms with Crippen LogP contribution in [-0.2, 0) is 13.5 Å². The van der Waals surface area contributed by atoms with Crippen LogP contribution in [0.25, 0.3) is 0 Å². The van der Waals surface area contributed by atoms with Crippen LogP contribution in [-0.4, -0.2) is 26.8 Å². The Balaban J connectivity index is 2.14. The molecule has 0 radical (unpaired) electrons. The van der Waals surface area contributed by atoms with Crippen LogP contribution < -0.4 is 16.0 Å². The Labute approximate surface area is 113 Å². The average Bonchev–Trinajstić information content (AvgIpc) is 2.81. The van der Waals surface area contributed by atoms with Gasteiger partial charge in [0.05, 0.1) is 13.1 Å². The smallest absolute Gasteiger partial charge is 0.387 e. The van der Waals surface area contributed by atoms with Crippen molar-refractivity contribution in [3.05, 3.63) is 35.7 Å². The quantitative estimate of drug-likeness (QED) is 0.595. The lowest BCUT2D eigenvalue weighted by atomic mass is 10.0. The molecule has 1 atom stereocenters. The van der Waals surface area contributed by atoms with Gasteiger partial charge >= 0.3 is 6.61 Å². The number of tetrazole rings is 1. The maximum absolute atomic E-state index is 12.2. The summed E-state index contributed by atoms with van der Waals surface area (Å²) in [6.07, 6.45) is 0.377. The van der Waals surface area contributed by atoms with E-state index >= 15 is 0 Å². The van der Waals surface area contributed by atoms with Gasteiger partial charge in [-0.15, -0.1) is 10.2 Å². The third-order valence-electron chi connectivity index (χ3n) is 2.62. The first-order chi connectivity index (χ1) is 9.58. The van der Waals surface area contributed by atoms with E-state index in [0.29, 0.717) is 17.8 Å². The molecule has 0 aliphatic rings. The van der Waals surface area contributed by atoms with Crippen LogP contribution in [0.5, 0.6) is 5.75 Å². The molecule has 1 unspecified atom stereocenters. The Morgan fingerprint density at radius 2 is 2.25 bits per heavy atom. The van der Waals surface area contributed by atoms with Crippen LogP contribution in [0.1, 0.15) is 17.4 Å². The molecule has 0 saturated heterocycles. The van der Waals surface area contributed by atoms with E-state index in [1.165, 1.54) is 16.9 Å². The topological polar surface area (TPSA) is 90.9 Å². The monoisotopic (exact) mass is 284 g/mol. The SMILES string of the molecule is Cn1nnc(CC(NN)c2cccc(OC(F)F)c2)n1. The molecule has 0 aliphatic carbocycles. The third kappa shape index (κ3) is 3.68. The molecule has 20 heavy (non-hydrogen) atoms. The minimum atomic E-state index is -2.86. The molecule has 108 valence electrons. The Morgan fingerprint density at radius 3 is 2.85 bits per heavy atom. The maximum Gasteiger partial charge on any atom is 0.387 e. The molecule has 2 rings (SSSR count). The third-order valence-corrected chi connectivity index (χ3v) is 2.62. The normalized spacial score (nSPS) is 12.7. The van der Waals surface area contributed by atoms with Crippen molar-refractivity contribution in [1.82, 2.24) is 25.6 Å². The van der Waals surface area contributed by atoms with Gasteiger partial charge in [0.25, 0.3) is 0 Å². The van der Waals surface area contributed by atoms with Gasteiger partial charge < -0.3 is 4.74 Å². The molecule has 0 amide bonds. The molecule has 7 nitrogen and oxygen atoms in total. The summed E-state index contributed by atoms with van der Waals surface area (Å²) in [5.74, 6) is 6.06. The summed E-state index contributed by atoms with van der Waals surface area (Å²) >= 11 is 0. The molecule has 1 aromatic heterocycles. The molecule has 0 fully saturated rings. The number of benzene rings is 1. The summed E-state index contributed by atoms with van der Waals surface area (Å²) in [6.45, 7) is -2.86. The molecule has 1 heterocycles. The van der Waals surface area contributed by atoms with Crippen LogP contribution in [0.2, 0.25) is 0 Å². The zero-order valence-electron chi connectivity index (χ0n) is 10.7. The number of aromatic nitrogens is 4. The van der Waals surface area contributed by atoms with Gasteiger partial charge in [-0.3, -0.25) is 11.3 Å². The van der Waals surface area contributed by atoms with Crippen molar-refractivity contribution in [3.63, 3.8) is 0 Å². The van der Waals surface area contributed by atoms with E-state index in [-0.39, 0.29) is 11.8 Å². The highest BCUT2D eigenvalue weighted by atomic mass is 19.3. The maximum atomic E-state index is 12.2. The molecule has 0 saturated carbocycles. The van der Waals surface area contributed by atoms with Crippen molar-refractivity contribution in [2.24, 2.45) is 12.9 Å². The van der Waals surface area contributed by atoms with E-state index in [2.05, 4.69) is 25.6 Å². The lowest BCUT2D eigenvalue weighted by Crippen LogP contribution is -2.30. The van der Waals surface area contributed by atoms with Crippen LogP contribution in [0.3, 0.4) is 0 Å². The Kier molecular flexibility index (Phi) is 4.53. The number of aryl methyl sites for hydroxylation is 1. The van der Waals surface area contributed by atoms with Gasteiger partial charge in [-0.05, 0) is 22.9 Å². The molecule has 2 aromatic rings. The summed E-state index contributed by atoms with van der Waals surface area (Å²) in [6, 6.07) is 5.97. The highest BCUT2D eigenvalue weighted by Gasteiger charge is 2.15. The lowest BCUT2D eigenvalue weighted by molar-refractivity contribution is -0.0499. The predicted octanol–water partition coefficient (Wildman–Crippen LogP) is 0.559.